The fourth-order valence-electron chi connectivity index (χ4n) is 4.51. The summed E-state index contributed by atoms with van der Waals surface area (Å²) in [5, 5.41) is 1.48. The second kappa shape index (κ2) is 11.4. The lowest BCUT2D eigenvalue weighted by molar-refractivity contribution is -0.153. The van der Waals surface area contributed by atoms with Crippen LogP contribution in [0.5, 0.6) is 0 Å². The van der Waals surface area contributed by atoms with Gasteiger partial charge in [-0.25, -0.2) is 14.8 Å². The number of esters is 1. The number of carbonyl (C=O) groups is 2. The Balaban J connectivity index is 1.32. The highest BCUT2D eigenvalue weighted by atomic mass is 32.2. The van der Waals surface area contributed by atoms with Gasteiger partial charge in [-0.05, 0) is 28.2 Å². The second-order valence-electron chi connectivity index (χ2n) is 8.98. The first-order valence-corrected chi connectivity index (χ1v) is 15.1. The highest BCUT2D eigenvalue weighted by Gasteiger charge is 2.52. The molecule has 4 aromatic rings. The molecule has 4 heterocycles. The molecule has 2 aromatic carbocycles. The van der Waals surface area contributed by atoms with Gasteiger partial charge in [0.25, 0.3) is 0 Å². The summed E-state index contributed by atoms with van der Waals surface area (Å²) in [4.78, 5) is 49.4. The van der Waals surface area contributed by atoms with Crippen molar-refractivity contribution in [3.8, 4) is 0 Å². The quantitative estimate of drug-likeness (QED) is 0.190. The molecule has 0 saturated carbocycles. The van der Waals surface area contributed by atoms with Gasteiger partial charge in [0.1, 0.15) is 27.5 Å². The normalized spacial score (nSPS) is 18.8. The molecule has 2 aliphatic heterocycles. The fourth-order valence-corrected chi connectivity index (χ4v) is 7.64. The van der Waals surface area contributed by atoms with E-state index in [1.165, 1.54) is 52.0 Å². The molecule has 1 amide bonds. The van der Waals surface area contributed by atoms with Crippen molar-refractivity contribution >= 4 is 57.1 Å². The van der Waals surface area contributed by atoms with E-state index in [0.29, 0.717) is 21.7 Å². The van der Waals surface area contributed by atoms with Gasteiger partial charge in [-0.3, -0.25) is 14.5 Å². The lowest BCUT2D eigenvalue weighted by Gasteiger charge is -2.48. The molecule has 2 aromatic heterocycles. The Labute approximate surface area is 242 Å². The van der Waals surface area contributed by atoms with Gasteiger partial charge >= 0.3 is 5.97 Å². The summed E-state index contributed by atoms with van der Waals surface area (Å²) in [6, 6.07) is 19.8. The fraction of sp³-hybridized carbons (Fsp3) is 0.138. The number of benzene rings is 2. The third kappa shape index (κ3) is 5.08. The van der Waals surface area contributed by atoms with Gasteiger partial charge in [0, 0.05) is 24.2 Å². The number of allylic oxidation sites excluding steroid dienone is 1. The lowest BCUT2D eigenvalue weighted by atomic mass is 10.0. The Morgan fingerprint density at radius 1 is 1.05 bits per heavy atom. The molecule has 2 aliphatic rings. The first-order chi connectivity index (χ1) is 19.5. The summed E-state index contributed by atoms with van der Waals surface area (Å²) < 4.78 is 6.85. The van der Waals surface area contributed by atoms with Crippen LogP contribution in [-0.2, 0) is 14.3 Å². The molecule has 0 spiro atoms. The summed E-state index contributed by atoms with van der Waals surface area (Å²) in [6.45, 7) is 0. The van der Waals surface area contributed by atoms with Crippen LogP contribution in [-0.4, -0.2) is 43.9 Å². The minimum absolute atomic E-state index is 0.196. The third-order valence-corrected chi connectivity index (χ3v) is 9.75. The average molecular weight is 587 g/mol. The number of rotatable bonds is 7. The van der Waals surface area contributed by atoms with Gasteiger partial charge < -0.3 is 10.5 Å². The van der Waals surface area contributed by atoms with Crippen LogP contribution >= 0.6 is 34.9 Å². The van der Waals surface area contributed by atoms with Crippen LogP contribution in [0, 0.1) is 0 Å². The van der Waals surface area contributed by atoms with Crippen molar-refractivity contribution in [1.29, 1.82) is 0 Å². The first-order valence-electron chi connectivity index (χ1n) is 12.3. The van der Waals surface area contributed by atoms with E-state index in [1.54, 1.807) is 17.7 Å². The summed E-state index contributed by atoms with van der Waals surface area (Å²) in [6.07, 6.45) is 4.18. The number of amides is 1. The van der Waals surface area contributed by atoms with E-state index >= 15 is 0 Å². The van der Waals surface area contributed by atoms with Crippen LogP contribution in [0.1, 0.15) is 17.2 Å². The summed E-state index contributed by atoms with van der Waals surface area (Å²) in [5.41, 5.74) is 8.66. The van der Waals surface area contributed by atoms with Gasteiger partial charge in [0.15, 0.2) is 6.10 Å². The van der Waals surface area contributed by atoms with E-state index in [-0.39, 0.29) is 22.4 Å². The number of ether oxygens (including phenoxy) is 1. The molecule has 200 valence electrons. The number of nitrogens with zero attached hydrogens (tertiary/aromatic N) is 3. The summed E-state index contributed by atoms with van der Waals surface area (Å²) in [7, 11) is 0. The molecule has 2 N–H and O–H groups in total. The van der Waals surface area contributed by atoms with Gasteiger partial charge in [-0.2, -0.15) is 0 Å². The molecule has 1 fully saturated rings. The maximum absolute atomic E-state index is 13.8. The van der Waals surface area contributed by atoms with E-state index in [0.717, 1.165) is 15.3 Å². The highest BCUT2D eigenvalue weighted by Crippen LogP contribution is 2.41. The minimum Gasteiger partial charge on any atom is -0.448 e. The molecule has 6 rings (SSSR count). The van der Waals surface area contributed by atoms with E-state index in [9.17, 15) is 14.4 Å². The smallest absolute Gasteiger partial charge is 0.356 e. The zero-order valence-corrected chi connectivity index (χ0v) is 23.3. The number of β-lactam (4-membered cyclic amide) rings is 1. The predicted octanol–water partition coefficient (Wildman–Crippen LogP) is 4.49. The molecular weight excluding hydrogens is 565 g/mol. The molecule has 0 aliphatic carbocycles. The van der Waals surface area contributed by atoms with Crippen molar-refractivity contribution in [2.45, 2.75) is 21.7 Å². The van der Waals surface area contributed by atoms with Crippen LogP contribution in [0.2, 0.25) is 0 Å². The zero-order chi connectivity index (χ0) is 27.6. The second-order valence-corrected chi connectivity index (χ2v) is 12.3. The van der Waals surface area contributed by atoms with Crippen LogP contribution < -0.4 is 11.2 Å². The number of carbonyl (C=O) groups excluding carboxylic acids is 2. The predicted molar refractivity (Wildman–Crippen MR) is 158 cm³/mol. The Bertz CT molecular complexity index is 1670. The molecule has 40 heavy (non-hydrogen) atoms. The maximum atomic E-state index is 13.8. The molecule has 11 heteroatoms. The van der Waals surface area contributed by atoms with Crippen molar-refractivity contribution < 1.29 is 14.3 Å². The molecular formula is C29H22N4O4S3. The highest BCUT2D eigenvalue weighted by molar-refractivity contribution is 8.04. The van der Waals surface area contributed by atoms with Crippen molar-refractivity contribution in [3.63, 3.8) is 0 Å². The standard InChI is InChI=1S/C29H22N4O4S3/c30-22-27(35)33-24(29(36)37-25(17-7-3-1-4-8-17)18-9-5-2-6-10-18)19(16-39-28(22)33)11-14-38-21-15-20(34)23-26(40-21)32-13-12-31-23/h1-15,22,25,28H,16,30H2/t22-,28-/m1/s1. The van der Waals surface area contributed by atoms with Crippen LogP contribution in [0.3, 0.4) is 0 Å². The van der Waals surface area contributed by atoms with Gasteiger partial charge in [0.2, 0.25) is 11.3 Å². The van der Waals surface area contributed by atoms with E-state index < -0.39 is 18.1 Å². The van der Waals surface area contributed by atoms with Crippen molar-refractivity contribution in [3.05, 3.63) is 123 Å². The van der Waals surface area contributed by atoms with Crippen molar-refractivity contribution in [1.82, 2.24) is 14.9 Å². The molecule has 8 nitrogen and oxygen atoms in total. The zero-order valence-electron chi connectivity index (χ0n) is 20.9. The van der Waals surface area contributed by atoms with Crippen LogP contribution in [0.15, 0.2) is 111 Å². The monoisotopic (exact) mass is 586 g/mol. The first kappa shape index (κ1) is 26.5. The van der Waals surface area contributed by atoms with Crippen molar-refractivity contribution in [2.75, 3.05) is 5.75 Å². The van der Waals surface area contributed by atoms with E-state index in [2.05, 4.69) is 9.97 Å². The summed E-state index contributed by atoms with van der Waals surface area (Å²) in [5.74, 6) is -0.437. The Morgan fingerprint density at radius 3 is 2.42 bits per heavy atom. The Morgan fingerprint density at radius 2 is 1.73 bits per heavy atom. The number of hydrogen-bond acceptors (Lipinski definition) is 10. The lowest BCUT2D eigenvalue weighted by Crippen LogP contribution is -2.68. The van der Waals surface area contributed by atoms with Gasteiger partial charge in [0.05, 0.1) is 4.21 Å². The van der Waals surface area contributed by atoms with Crippen molar-refractivity contribution in [2.24, 2.45) is 5.73 Å². The maximum Gasteiger partial charge on any atom is 0.356 e. The van der Waals surface area contributed by atoms with Crippen LogP contribution in [0.4, 0.5) is 0 Å². The minimum atomic E-state index is -0.664. The Hall–Kier alpha value is -3.77. The topological polar surface area (TPSA) is 115 Å². The SMILES string of the molecule is N[C@@H]1C(=O)N2C(C(=O)OC(c3ccccc3)c3ccccc3)=C(C=CSc3cc(=O)c4nccnc4s3)CS[C@H]12. The van der Waals surface area contributed by atoms with Gasteiger partial charge in [-0.15, -0.1) is 23.1 Å². The number of aromatic nitrogens is 2. The number of thioether (sulfide) groups is 2. The molecule has 0 radical (unpaired) electrons. The molecule has 0 unspecified atom stereocenters. The summed E-state index contributed by atoms with van der Waals surface area (Å²) >= 11 is 4.19. The van der Waals surface area contributed by atoms with Crippen LogP contribution in [0.25, 0.3) is 10.3 Å². The molecule has 2 atom stereocenters. The van der Waals surface area contributed by atoms with E-state index in [4.69, 9.17) is 10.5 Å². The number of hydrogen-bond donors (Lipinski definition) is 1. The third-order valence-electron chi connectivity index (χ3n) is 6.46. The number of nitrogens with two attached hydrogens (primary N) is 1. The number of fused-ring (bicyclic) bond motifs is 2. The van der Waals surface area contributed by atoms with E-state index in [1.807, 2.05) is 60.7 Å². The molecule has 0 bridgehead atoms. The average Bonchev–Trinajstić information content (AvgIpc) is 3.00. The molecule has 1 saturated heterocycles. The van der Waals surface area contributed by atoms with Gasteiger partial charge in [-0.1, -0.05) is 72.4 Å². The Kier molecular flexibility index (Phi) is 7.53. The largest absolute Gasteiger partial charge is 0.448 e.